The van der Waals surface area contributed by atoms with Gasteiger partial charge < -0.3 is 10.4 Å². The van der Waals surface area contributed by atoms with Gasteiger partial charge in [-0.3, -0.25) is 0 Å². The molecule has 0 bridgehead atoms. The first kappa shape index (κ1) is 12.7. The lowest BCUT2D eigenvalue weighted by Gasteiger charge is -2.16. The minimum Gasteiger partial charge on any atom is -0.508 e. The maximum Gasteiger partial charge on any atom is 0.115 e. The van der Waals surface area contributed by atoms with Crippen molar-refractivity contribution in [2.45, 2.75) is 18.9 Å². The predicted octanol–water partition coefficient (Wildman–Crippen LogP) is 2.77. The first-order chi connectivity index (χ1) is 8.78. The molecular weight excluding hydrogens is 222 g/mol. The largest absolute Gasteiger partial charge is 0.508 e. The van der Waals surface area contributed by atoms with Crippen LogP contribution in [0.4, 0.5) is 0 Å². The van der Waals surface area contributed by atoms with Gasteiger partial charge in [-0.2, -0.15) is 0 Å². The lowest BCUT2D eigenvalue weighted by atomic mass is 9.99. The zero-order valence-electron chi connectivity index (χ0n) is 10.6. The van der Waals surface area contributed by atoms with Gasteiger partial charge >= 0.3 is 0 Å². The molecule has 0 aliphatic rings. The van der Waals surface area contributed by atoms with Crippen LogP contribution in [0.15, 0.2) is 54.6 Å². The number of phenolic OH excluding ortho intramolecular Hbond substituents is 1. The van der Waals surface area contributed by atoms with Crippen LogP contribution in [0.5, 0.6) is 5.75 Å². The average molecular weight is 241 g/mol. The summed E-state index contributed by atoms with van der Waals surface area (Å²) in [4.78, 5) is 0. The van der Waals surface area contributed by atoms with E-state index in [1.165, 1.54) is 5.56 Å². The van der Waals surface area contributed by atoms with Gasteiger partial charge in [-0.25, -0.2) is 0 Å². The molecule has 0 heterocycles. The molecule has 0 aliphatic heterocycles. The minimum atomic E-state index is 0.335. The molecule has 0 spiro atoms. The Morgan fingerprint density at radius 3 is 2.28 bits per heavy atom. The molecular formula is C16H19NO. The highest BCUT2D eigenvalue weighted by Crippen LogP contribution is 2.14. The molecule has 2 nitrogen and oxygen atoms in total. The maximum atomic E-state index is 9.47. The van der Waals surface area contributed by atoms with E-state index in [1.54, 1.807) is 6.07 Å². The number of aromatic hydroxyl groups is 1. The second kappa shape index (κ2) is 6.22. The van der Waals surface area contributed by atoms with Crippen LogP contribution in [0.25, 0.3) is 0 Å². The number of phenols is 1. The van der Waals surface area contributed by atoms with Gasteiger partial charge in [-0.05, 0) is 43.1 Å². The van der Waals surface area contributed by atoms with Crippen LogP contribution in [0.3, 0.4) is 0 Å². The van der Waals surface area contributed by atoms with Crippen LogP contribution in [0.1, 0.15) is 11.1 Å². The van der Waals surface area contributed by atoms with Gasteiger partial charge in [0.15, 0.2) is 0 Å². The molecule has 0 fully saturated rings. The Morgan fingerprint density at radius 1 is 0.944 bits per heavy atom. The summed E-state index contributed by atoms with van der Waals surface area (Å²) in [5.41, 5.74) is 2.49. The number of rotatable bonds is 5. The minimum absolute atomic E-state index is 0.335. The maximum absolute atomic E-state index is 9.47. The van der Waals surface area contributed by atoms with Crippen LogP contribution in [-0.2, 0) is 12.8 Å². The molecule has 0 aromatic heterocycles. The van der Waals surface area contributed by atoms with Crippen LogP contribution < -0.4 is 5.32 Å². The summed E-state index contributed by atoms with van der Waals surface area (Å²) >= 11 is 0. The molecule has 2 aromatic rings. The normalized spacial score (nSPS) is 12.3. The fraction of sp³-hybridized carbons (Fsp3) is 0.250. The van der Waals surface area contributed by atoms with Gasteiger partial charge in [0, 0.05) is 6.04 Å². The molecule has 0 radical (unpaired) electrons. The molecule has 18 heavy (non-hydrogen) atoms. The van der Waals surface area contributed by atoms with E-state index in [0.717, 1.165) is 18.4 Å². The third kappa shape index (κ3) is 3.60. The Labute approximate surface area is 108 Å². The molecule has 0 saturated carbocycles. The topological polar surface area (TPSA) is 32.3 Å². The molecule has 1 unspecified atom stereocenters. The molecule has 2 N–H and O–H groups in total. The zero-order valence-corrected chi connectivity index (χ0v) is 10.6. The monoisotopic (exact) mass is 241 g/mol. The third-order valence-electron chi connectivity index (χ3n) is 3.13. The Morgan fingerprint density at radius 2 is 1.61 bits per heavy atom. The highest BCUT2D eigenvalue weighted by molar-refractivity contribution is 5.28. The van der Waals surface area contributed by atoms with E-state index in [9.17, 15) is 5.11 Å². The first-order valence-electron chi connectivity index (χ1n) is 6.27. The number of hydrogen-bond acceptors (Lipinski definition) is 2. The van der Waals surface area contributed by atoms with Crippen molar-refractivity contribution >= 4 is 0 Å². The van der Waals surface area contributed by atoms with E-state index < -0.39 is 0 Å². The van der Waals surface area contributed by atoms with Crippen LogP contribution in [0.2, 0.25) is 0 Å². The number of likely N-dealkylation sites (N-methyl/N-ethyl adjacent to an activating group) is 1. The van der Waals surface area contributed by atoms with E-state index in [2.05, 4.69) is 35.6 Å². The first-order valence-corrected chi connectivity index (χ1v) is 6.27. The molecule has 94 valence electrons. The van der Waals surface area contributed by atoms with Crippen molar-refractivity contribution in [3.63, 3.8) is 0 Å². The molecule has 0 amide bonds. The van der Waals surface area contributed by atoms with Crippen molar-refractivity contribution in [1.82, 2.24) is 5.32 Å². The smallest absolute Gasteiger partial charge is 0.115 e. The molecule has 2 aromatic carbocycles. The summed E-state index contributed by atoms with van der Waals surface area (Å²) in [5, 5.41) is 12.8. The summed E-state index contributed by atoms with van der Waals surface area (Å²) in [5.74, 6) is 0.335. The summed E-state index contributed by atoms with van der Waals surface area (Å²) in [6.45, 7) is 0. The van der Waals surface area contributed by atoms with Crippen molar-refractivity contribution in [3.05, 3.63) is 65.7 Å². The fourth-order valence-electron chi connectivity index (χ4n) is 2.14. The average Bonchev–Trinajstić information content (AvgIpc) is 2.39. The predicted molar refractivity (Wildman–Crippen MR) is 74.8 cm³/mol. The standard InChI is InChI=1S/C16H19NO/c1-17-15(10-13-6-3-2-4-7-13)11-14-8-5-9-16(18)12-14/h2-9,12,15,17-18H,10-11H2,1H3. The molecule has 1 atom stereocenters. The van der Waals surface area contributed by atoms with Crippen molar-refractivity contribution in [2.24, 2.45) is 0 Å². The summed E-state index contributed by atoms with van der Waals surface area (Å²) < 4.78 is 0. The summed E-state index contributed by atoms with van der Waals surface area (Å²) in [6.07, 6.45) is 1.91. The fourth-order valence-corrected chi connectivity index (χ4v) is 2.14. The second-order valence-corrected chi connectivity index (χ2v) is 4.55. The SMILES string of the molecule is CNC(Cc1ccccc1)Cc1cccc(O)c1. The Kier molecular flexibility index (Phi) is 4.37. The van der Waals surface area contributed by atoms with Gasteiger partial charge in [-0.15, -0.1) is 0 Å². The van der Waals surface area contributed by atoms with Gasteiger partial charge in [0.2, 0.25) is 0 Å². The lowest BCUT2D eigenvalue weighted by molar-refractivity contribution is 0.473. The number of nitrogens with one attached hydrogen (secondary N) is 1. The molecule has 2 rings (SSSR count). The molecule has 2 heteroatoms. The van der Waals surface area contributed by atoms with Gasteiger partial charge in [-0.1, -0.05) is 42.5 Å². The number of benzene rings is 2. The van der Waals surface area contributed by atoms with E-state index >= 15 is 0 Å². The second-order valence-electron chi connectivity index (χ2n) is 4.55. The van der Waals surface area contributed by atoms with E-state index in [-0.39, 0.29) is 0 Å². The van der Waals surface area contributed by atoms with Crippen LogP contribution >= 0.6 is 0 Å². The van der Waals surface area contributed by atoms with Gasteiger partial charge in [0.05, 0.1) is 0 Å². The highest BCUT2D eigenvalue weighted by atomic mass is 16.3. The van der Waals surface area contributed by atoms with Crippen molar-refractivity contribution in [1.29, 1.82) is 0 Å². The summed E-state index contributed by atoms with van der Waals surface area (Å²) in [6, 6.07) is 18.3. The molecule has 0 saturated heterocycles. The van der Waals surface area contributed by atoms with Crippen molar-refractivity contribution in [3.8, 4) is 5.75 Å². The van der Waals surface area contributed by atoms with Crippen LogP contribution in [-0.4, -0.2) is 18.2 Å². The van der Waals surface area contributed by atoms with E-state index in [4.69, 9.17) is 0 Å². The Balaban J connectivity index is 2.01. The zero-order chi connectivity index (χ0) is 12.8. The van der Waals surface area contributed by atoms with Crippen LogP contribution in [0, 0.1) is 0 Å². The highest BCUT2D eigenvalue weighted by Gasteiger charge is 2.08. The van der Waals surface area contributed by atoms with Gasteiger partial charge in [0.1, 0.15) is 5.75 Å². The third-order valence-corrected chi connectivity index (χ3v) is 3.13. The van der Waals surface area contributed by atoms with E-state index in [1.807, 2.05) is 25.2 Å². The lowest BCUT2D eigenvalue weighted by Crippen LogP contribution is -2.29. The Bertz CT molecular complexity index is 481. The van der Waals surface area contributed by atoms with E-state index in [0.29, 0.717) is 11.8 Å². The van der Waals surface area contributed by atoms with Crippen molar-refractivity contribution < 1.29 is 5.11 Å². The number of hydrogen-bond donors (Lipinski definition) is 2. The quantitative estimate of drug-likeness (QED) is 0.843. The summed E-state index contributed by atoms with van der Waals surface area (Å²) in [7, 11) is 1.98. The van der Waals surface area contributed by atoms with Crippen molar-refractivity contribution in [2.75, 3.05) is 7.05 Å². The van der Waals surface area contributed by atoms with Gasteiger partial charge in [0.25, 0.3) is 0 Å². The Hall–Kier alpha value is -1.80. The molecule has 0 aliphatic carbocycles.